The zero-order chi connectivity index (χ0) is 22.1. The van der Waals surface area contributed by atoms with Crippen molar-refractivity contribution in [2.75, 3.05) is 25.5 Å². The fourth-order valence-corrected chi connectivity index (χ4v) is 4.24. The second kappa shape index (κ2) is 8.94. The molecule has 0 aliphatic carbocycles. The van der Waals surface area contributed by atoms with Crippen LogP contribution in [-0.4, -0.2) is 45.8 Å². The Morgan fingerprint density at radius 1 is 1.09 bits per heavy atom. The fourth-order valence-electron chi connectivity index (χ4n) is 3.94. The van der Waals surface area contributed by atoms with Gasteiger partial charge in [-0.25, -0.2) is 9.97 Å². The summed E-state index contributed by atoms with van der Waals surface area (Å²) in [7, 11) is 1.65. The number of fused-ring (bicyclic) bond motifs is 1. The lowest BCUT2D eigenvalue weighted by Gasteiger charge is -2.23. The lowest BCUT2D eigenvalue weighted by Crippen LogP contribution is -2.38. The molecule has 32 heavy (non-hydrogen) atoms. The Morgan fingerprint density at radius 3 is 2.78 bits per heavy atom. The van der Waals surface area contributed by atoms with E-state index in [1.54, 1.807) is 19.4 Å². The normalized spacial score (nSPS) is 16.3. The quantitative estimate of drug-likeness (QED) is 0.430. The number of nitrogens with zero attached hydrogens (tertiary/aromatic N) is 4. The predicted octanol–water partition coefficient (Wildman–Crippen LogP) is 4.96. The number of aromatic nitrogens is 4. The van der Waals surface area contributed by atoms with E-state index in [2.05, 4.69) is 15.6 Å². The van der Waals surface area contributed by atoms with E-state index in [9.17, 15) is 0 Å². The van der Waals surface area contributed by atoms with Crippen LogP contribution in [0.4, 0.5) is 5.95 Å². The van der Waals surface area contributed by atoms with Gasteiger partial charge in [-0.1, -0.05) is 23.2 Å². The van der Waals surface area contributed by atoms with Crippen molar-refractivity contribution < 1.29 is 4.74 Å². The van der Waals surface area contributed by atoms with E-state index in [4.69, 9.17) is 37.9 Å². The standard InChI is InChI=1S/C23H22Cl2N6O/c1-32-16-5-7-19-20(12-16)31(22(29-19)14-4-6-17(24)18(25)11-14)21-8-10-27-23(30-21)28-15-3-2-9-26-13-15/h4-8,10-12,15,26H,2-3,9,13H2,1H3,(H,27,28,30). The summed E-state index contributed by atoms with van der Waals surface area (Å²) in [5, 5.41) is 7.81. The van der Waals surface area contributed by atoms with Crippen LogP contribution in [0, 0.1) is 0 Å². The largest absolute Gasteiger partial charge is 0.497 e. The molecule has 9 heteroatoms. The molecular weight excluding hydrogens is 447 g/mol. The van der Waals surface area contributed by atoms with Gasteiger partial charge in [0.2, 0.25) is 5.95 Å². The average Bonchev–Trinajstić information content (AvgIpc) is 3.20. The van der Waals surface area contributed by atoms with E-state index in [0.29, 0.717) is 33.7 Å². The number of piperidine rings is 1. The molecule has 5 rings (SSSR count). The van der Waals surface area contributed by atoms with Gasteiger partial charge in [0, 0.05) is 30.4 Å². The monoisotopic (exact) mass is 468 g/mol. The van der Waals surface area contributed by atoms with Crippen LogP contribution in [0.1, 0.15) is 12.8 Å². The molecule has 0 saturated carbocycles. The molecule has 2 N–H and O–H groups in total. The van der Waals surface area contributed by atoms with Gasteiger partial charge in [-0.3, -0.25) is 4.57 Å². The van der Waals surface area contributed by atoms with Crippen molar-refractivity contribution in [3.63, 3.8) is 0 Å². The highest BCUT2D eigenvalue weighted by molar-refractivity contribution is 6.42. The van der Waals surface area contributed by atoms with Gasteiger partial charge in [0.25, 0.3) is 0 Å². The molecule has 0 amide bonds. The van der Waals surface area contributed by atoms with Gasteiger partial charge in [-0.15, -0.1) is 0 Å². The van der Waals surface area contributed by atoms with Crippen molar-refractivity contribution in [1.82, 2.24) is 24.8 Å². The first-order valence-corrected chi connectivity index (χ1v) is 11.2. The van der Waals surface area contributed by atoms with Crippen molar-refractivity contribution in [1.29, 1.82) is 0 Å². The molecule has 1 saturated heterocycles. The van der Waals surface area contributed by atoms with Gasteiger partial charge in [0.15, 0.2) is 0 Å². The summed E-state index contributed by atoms with van der Waals surface area (Å²) in [6.07, 6.45) is 3.97. The Balaban J connectivity index is 1.64. The number of imidazole rings is 1. The molecule has 0 bridgehead atoms. The number of methoxy groups -OCH3 is 1. The van der Waals surface area contributed by atoms with Crippen LogP contribution in [0.25, 0.3) is 28.2 Å². The number of halogens is 2. The molecule has 1 aliphatic rings. The topological polar surface area (TPSA) is 76.9 Å². The van der Waals surface area contributed by atoms with Crippen LogP contribution in [0.15, 0.2) is 48.7 Å². The van der Waals surface area contributed by atoms with Gasteiger partial charge >= 0.3 is 0 Å². The van der Waals surface area contributed by atoms with Crippen LogP contribution in [0.2, 0.25) is 10.0 Å². The third kappa shape index (κ3) is 4.11. The minimum atomic E-state index is 0.299. The molecule has 1 unspecified atom stereocenters. The van der Waals surface area contributed by atoms with E-state index >= 15 is 0 Å². The summed E-state index contributed by atoms with van der Waals surface area (Å²) < 4.78 is 7.44. The molecule has 4 aromatic rings. The fraction of sp³-hybridized carbons (Fsp3) is 0.261. The van der Waals surface area contributed by atoms with Crippen LogP contribution in [-0.2, 0) is 0 Å². The SMILES string of the molecule is COc1ccc2nc(-c3ccc(Cl)c(Cl)c3)n(-c3ccnc(NC4CCCNC4)n3)c2c1. The number of benzene rings is 2. The minimum Gasteiger partial charge on any atom is -0.497 e. The van der Waals surface area contributed by atoms with Crippen molar-refractivity contribution in [3.05, 3.63) is 58.7 Å². The van der Waals surface area contributed by atoms with E-state index in [1.807, 2.05) is 41.0 Å². The number of anilines is 1. The first-order valence-electron chi connectivity index (χ1n) is 10.4. The molecule has 164 valence electrons. The van der Waals surface area contributed by atoms with E-state index in [-0.39, 0.29) is 0 Å². The zero-order valence-corrected chi connectivity index (χ0v) is 19.0. The molecule has 0 spiro atoms. The number of ether oxygens (including phenoxy) is 1. The maximum absolute atomic E-state index is 6.31. The van der Waals surface area contributed by atoms with Crippen LogP contribution in [0.5, 0.6) is 5.75 Å². The molecule has 1 aliphatic heterocycles. The average molecular weight is 469 g/mol. The highest BCUT2D eigenvalue weighted by atomic mass is 35.5. The number of rotatable bonds is 5. The highest BCUT2D eigenvalue weighted by Gasteiger charge is 2.19. The Kier molecular flexibility index (Phi) is 5.87. The van der Waals surface area contributed by atoms with Crippen LogP contribution in [0.3, 0.4) is 0 Å². The van der Waals surface area contributed by atoms with Crippen molar-refractivity contribution in [3.8, 4) is 23.0 Å². The van der Waals surface area contributed by atoms with E-state index in [1.165, 1.54) is 0 Å². The molecule has 3 heterocycles. The molecule has 2 aromatic heterocycles. The molecule has 0 radical (unpaired) electrons. The third-order valence-corrected chi connectivity index (χ3v) is 6.28. The maximum Gasteiger partial charge on any atom is 0.224 e. The summed E-state index contributed by atoms with van der Waals surface area (Å²) in [6.45, 7) is 1.95. The Hall–Kier alpha value is -2.87. The van der Waals surface area contributed by atoms with Gasteiger partial charge < -0.3 is 15.4 Å². The molecule has 7 nitrogen and oxygen atoms in total. The summed E-state index contributed by atoms with van der Waals surface area (Å²) in [4.78, 5) is 14.1. The smallest absolute Gasteiger partial charge is 0.224 e. The van der Waals surface area contributed by atoms with E-state index < -0.39 is 0 Å². The van der Waals surface area contributed by atoms with Crippen molar-refractivity contribution in [2.24, 2.45) is 0 Å². The van der Waals surface area contributed by atoms with Gasteiger partial charge in [-0.2, -0.15) is 4.98 Å². The second-order valence-electron chi connectivity index (χ2n) is 7.68. The third-order valence-electron chi connectivity index (χ3n) is 5.54. The van der Waals surface area contributed by atoms with Gasteiger partial charge in [0.1, 0.15) is 17.4 Å². The van der Waals surface area contributed by atoms with Gasteiger partial charge in [0.05, 0.1) is 28.2 Å². The highest BCUT2D eigenvalue weighted by Crippen LogP contribution is 2.33. The number of hydrogen-bond donors (Lipinski definition) is 2. The summed E-state index contributed by atoms with van der Waals surface area (Å²) in [6, 6.07) is 13.4. The van der Waals surface area contributed by atoms with Crippen molar-refractivity contribution in [2.45, 2.75) is 18.9 Å². The lowest BCUT2D eigenvalue weighted by atomic mass is 10.1. The Bertz CT molecular complexity index is 1270. The Morgan fingerprint density at radius 2 is 2.00 bits per heavy atom. The molecule has 1 atom stereocenters. The number of nitrogens with one attached hydrogen (secondary N) is 2. The summed E-state index contributed by atoms with van der Waals surface area (Å²) in [5.74, 6) is 2.72. The van der Waals surface area contributed by atoms with Gasteiger partial charge in [-0.05, 0) is 55.8 Å². The summed E-state index contributed by atoms with van der Waals surface area (Å²) >= 11 is 12.5. The lowest BCUT2D eigenvalue weighted by molar-refractivity contribution is 0.415. The minimum absolute atomic E-state index is 0.299. The first-order chi connectivity index (χ1) is 15.6. The maximum atomic E-state index is 6.31. The predicted molar refractivity (Wildman–Crippen MR) is 128 cm³/mol. The number of hydrogen-bond acceptors (Lipinski definition) is 6. The molecule has 2 aromatic carbocycles. The van der Waals surface area contributed by atoms with Crippen molar-refractivity contribution >= 4 is 40.2 Å². The first kappa shape index (κ1) is 21.0. The van der Waals surface area contributed by atoms with Crippen LogP contribution < -0.4 is 15.4 Å². The van der Waals surface area contributed by atoms with Crippen LogP contribution >= 0.6 is 23.2 Å². The second-order valence-corrected chi connectivity index (χ2v) is 8.49. The molecular formula is C23H22Cl2N6O. The van der Waals surface area contributed by atoms with E-state index in [0.717, 1.165) is 48.3 Å². The zero-order valence-electron chi connectivity index (χ0n) is 17.5. The Labute approximate surface area is 195 Å². The summed E-state index contributed by atoms with van der Waals surface area (Å²) in [5.41, 5.74) is 2.52. The molecule has 1 fully saturated rings.